The van der Waals surface area contributed by atoms with Crippen LogP contribution in [-0.4, -0.2) is 22.6 Å². The summed E-state index contributed by atoms with van der Waals surface area (Å²) in [5.41, 5.74) is 1.34. The Hall–Kier alpha value is -1.76. The lowest BCUT2D eigenvalue weighted by Crippen LogP contribution is -2.27. The van der Waals surface area contributed by atoms with Crippen LogP contribution in [0.5, 0.6) is 0 Å². The summed E-state index contributed by atoms with van der Waals surface area (Å²) in [6.07, 6.45) is 4.67. The molecule has 1 N–H and O–H groups in total. The van der Waals surface area contributed by atoms with Gasteiger partial charge in [0.1, 0.15) is 11.9 Å². The first-order valence-corrected chi connectivity index (χ1v) is 7.90. The lowest BCUT2D eigenvalue weighted by atomic mass is 9.87. The normalized spacial score (nSPS) is 22.3. The Balaban J connectivity index is 1.87. The van der Waals surface area contributed by atoms with Crippen molar-refractivity contribution in [3.63, 3.8) is 0 Å². The van der Waals surface area contributed by atoms with Crippen molar-refractivity contribution in [2.24, 2.45) is 5.92 Å². The van der Waals surface area contributed by atoms with Gasteiger partial charge in [-0.2, -0.15) is 0 Å². The SMILES string of the molecule is O=[N+]([O-])c1cnc2ccsc2c1N[C@H]1CC[C@H](CF)CC1. The van der Waals surface area contributed by atoms with Crippen LogP contribution in [0.3, 0.4) is 0 Å². The highest BCUT2D eigenvalue weighted by Gasteiger charge is 2.25. The van der Waals surface area contributed by atoms with Gasteiger partial charge in [-0.25, -0.2) is 4.98 Å². The summed E-state index contributed by atoms with van der Waals surface area (Å²) in [5.74, 6) is 0.150. The zero-order valence-corrected chi connectivity index (χ0v) is 12.2. The second-order valence-corrected chi connectivity index (χ2v) is 6.34. The van der Waals surface area contributed by atoms with Gasteiger partial charge in [0.15, 0.2) is 0 Å². The van der Waals surface area contributed by atoms with Crippen molar-refractivity contribution >= 4 is 32.9 Å². The second kappa shape index (κ2) is 5.93. The van der Waals surface area contributed by atoms with Gasteiger partial charge in [0.2, 0.25) is 0 Å². The van der Waals surface area contributed by atoms with Crippen LogP contribution in [-0.2, 0) is 0 Å². The molecule has 5 nitrogen and oxygen atoms in total. The molecule has 3 rings (SSSR count). The molecule has 1 saturated carbocycles. The van der Waals surface area contributed by atoms with Crippen LogP contribution in [0.15, 0.2) is 17.6 Å². The van der Waals surface area contributed by atoms with Crippen molar-refractivity contribution in [3.05, 3.63) is 27.8 Å². The number of hydrogen-bond donors (Lipinski definition) is 1. The van der Waals surface area contributed by atoms with Crippen LogP contribution < -0.4 is 5.32 Å². The van der Waals surface area contributed by atoms with Gasteiger partial charge in [0, 0.05) is 6.04 Å². The third kappa shape index (κ3) is 2.83. The fraction of sp³-hybridized carbons (Fsp3) is 0.500. The van der Waals surface area contributed by atoms with Gasteiger partial charge >= 0.3 is 5.69 Å². The summed E-state index contributed by atoms with van der Waals surface area (Å²) in [6, 6.07) is 2.02. The molecule has 0 aliphatic heterocycles. The number of aromatic nitrogens is 1. The van der Waals surface area contributed by atoms with E-state index >= 15 is 0 Å². The monoisotopic (exact) mass is 309 g/mol. The van der Waals surface area contributed by atoms with Gasteiger partial charge in [0.25, 0.3) is 0 Å². The number of nitro groups is 1. The Kier molecular flexibility index (Phi) is 4.01. The highest BCUT2D eigenvalue weighted by molar-refractivity contribution is 7.17. The Morgan fingerprint density at radius 2 is 2.19 bits per heavy atom. The predicted molar refractivity (Wildman–Crippen MR) is 81.6 cm³/mol. The van der Waals surface area contributed by atoms with Crippen molar-refractivity contribution in [2.45, 2.75) is 31.7 Å². The molecule has 0 spiro atoms. The molecule has 2 aromatic heterocycles. The fourth-order valence-corrected chi connectivity index (χ4v) is 3.70. The Morgan fingerprint density at radius 3 is 2.86 bits per heavy atom. The highest BCUT2D eigenvalue weighted by Crippen LogP contribution is 2.37. The number of hydrogen-bond acceptors (Lipinski definition) is 5. The molecular formula is C14H16FN3O2S. The van der Waals surface area contributed by atoms with Gasteiger partial charge in [-0.1, -0.05) is 0 Å². The topological polar surface area (TPSA) is 68.1 Å². The van der Waals surface area contributed by atoms with E-state index in [0.29, 0.717) is 5.69 Å². The average Bonchev–Trinajstić information content (AvgIpc) is 2.97. The Morgan fingerprint density at radius 1 is 1.43 bits per heavy atom. The Labute approximate surface area is 125 Å². The zero-order valence-electron chi connectivity index (χ0n) is 11.4. The number of fused-ring (bicyclic) bond motifs is 1. The van der Waals surface area contributed by atoms with Crippen molar-refractivity contribution < 1.29 is 9.31 Å². The van der Waals surface area contributed by atoms with Crippen LogP contribution in [0, 0.1) is 16.0 Å². The highest BCUT2D eigenvalue weighted by atomic mass is 32.1. The number of anilines is 1. The van der Waals surface area contributed by atoms with E-state index in [1.54, 1.807) is 0 Å². The minimum atomic E-state index is -0.401. The minimum Gasteiger partial charge on any atom is -0.375 e. The van der Waals surface area contributed by atoms with E-state index in [4.69, 9.17) is 0 Å². The molecule has 2 heterocycles. The summed E-state index contributed by atoms with van der Waals surface area (Å²) in [4.78, 5) is 14.9. The quantitative estimate of drug-likeness (QED) is 0.680. The molecule has 0 atom stereocenters. The van der Waals surface area contributed by atoms with E-state index in [1.807, 2.05) is 11.4 Å². The number of alkyl halides is 1. The van der Waals surface area contributed by atoms with Crippen molar-refractivity contribution in [1.82, 2.24) is 4.98 Å². The van der Waals surface area contributed by atoms with E-state index in [1.165, 1.54) is 17.5 Å². The molecule has 0 unspecified atom stereocenters. The zero-order chi connectivity index (χ0) is 14.8. The van der Waals surface area contributed by atoms with Crippen LogP contribution in [0.1, 0.15) is 25.7 Å². The number of pyridine rings is 1. The molecule has 7 heteroatoms. The first kappa shape index (κ1) is 14.2. The van der Waals surface area contributed by atoms with E-state index in [0.717, 1.165) is 35.9 Å². The lowest BCUT2D eigenvalue weighted by Gasteiger charge is -2.28. The molecule has 21 heavy (non-hydrogen) atoms. The molecule has 0 saturated heterocycles. The van der Waals surface area contributed by atoms with Gasteiger partial charge in [-0.05, 0) is 43.0 Å². The predicted octanol–water partition coefficient (Wildman–Crippen LogP) is 4.14. The van der Waals surface area contributed by atoms with Gasteiger partial charge in [0.05, 0.1) is 21.8 Å². The second-order valence-electron chi connectivity index (χ2n) is 5.43. The molecule has 1 aliphatic rings. The molecular weight excluding hydrogens is 293 g/mol. The molecule has 0 amide bonds. The molecule has 112 valence electrons. The molecule has 0 radical (unpaired) electrons. The third-order valence-corrected chi connectivity index (χ3v) is 4.98. The van der Waals surface area contributed by atoms with Gasteiger partial charge in [-0.3, -0.25) is 14.5 Å². The first-order valence-electron chi connectivity index (χ1n) is 7.02. The van der Waals surface area contributed by atoms with Crippen LogP contribution in [0.25, 0.3) is 10.2 Å². The van der Waals surface area contributed by atoms with E-state index in [2.05, 4.69) is 10.3 Å². The number of rotatable bonds is 4. The number of halogens is 1. The van der Waals surface area contributed by atoms with Gasteiger partial charge in [-0.15, -0.1) is 11.3 Å². The average molecular weight is 309 g/mol. The maximum atomic E-state index is 12.7. The van der Waals surface area contributed by atoms with Crippen molar-refractivity contribution in [1.29, 1.82) is 0 Å². The standard InChI is InChI=1S/C14H16FN3O2S/c15-7-9-1-3-10(4-2-9)17-13-12(18(19)20)8-16-11-5-6-21-14(11)13/h5-6,8-10H,1-4,7H2,(H,16,17)/t9-,10-. The minimum absolute atomic E-state index is 0.0116. The van der Waals surface area contributed by atoms with E-state index < -0.39 is 4.92 Å². The molecule has 1 aliphatic carbocycles. The molecule has 1 fully saturated rings. The molecule has 2 aromatic rings. The van der Waals surface area contributed by atoms with Crippen LogP contribution in [0.4, 0.5) is 15.8 Å². The Bertz CT molecular complexity index is 653. The lowest BCUT2D eigenvalue weighted by molar-refractivity contribution is -0.384. The van der Waals surface area contributed by atoms with E-state index in [9.17, 15) is 14.5 Å². The number of thiophene rings is 1. The fourth-order valence-electron chi connectivity index (χ4n) is 2.85. The van der Waals surface area contributed by atoms with Crippen LogP contribution in [0.2, 0.25) is 0 Å². The maximum absolute atomic E-state index is 12.7. The largest absolute Gasteiger partial charge is 0.375 e. The summed E-state index contributed by atoms with van der Waals surface area (Å²) in [5, 5.41) is 16.4. The van der Waals surface area contributed by atoms with Crippen molar-refractivity contribution in [2.75, 3.05) is 12.0 Å². The summed E-state index contributed by atoms with van der Waals surface area (Å²) >= 11 is 1.45. The van der Waals surface area contributed by atoms with Gasteiger partial charge < -0.3 is 5.32 Å². The summed E-state index contributed by atoms with van der Waals surface area (Å²) < 4.78 is 13.5. The molecule has 0 bridgehead atoms. The summed E-state index contributed by atoms with van der Waals surface area (Å²) in [6.45, 7) is -0.267. The third-order valence-electron chi connectivity index (χ3n) is 4.06. The number of nitrogens with one attached hydrogen (secondary N) is 1. The summed E-state index contributed by atoms with van der Waals surface area (Å²) in [7, 11) is 0. The maximum Gasteiger partial charge on any atom is 0.311 e. The number of nitrogens with zero attached hydrogens (tertiary/aromatic N) is 2. The van der Waals surface area contributed by atoms with E-state index in [-0.39, 0.29) is 24.3 Å². The van der Waals surface area contributed by atoms with Crippen LogP contribution >= 0.6 is 11.3 Å². The smallest absolute Gasteiger partial charge is 0.311 e. The van der Waals surface area contributed by atoms with Crippen molar-refractivity contribution in [3.8, 4) is 0 Å². The first-order chi connectivity index (χ1) is 10.2. The molecule has 0 aromatic carbocycles.